The van der Waals surface area contributed by atoms with Crippen LogP contribution in [0.2, 0.25) is 0 Å². The number of benzene rings is 1. The van der Waals surface area contributed by atoms with Crippen LogP contribution in [-0.4, -0.2) is 46.1 Å². The fourth-order valence-electron chi connectivity index (χ4n) is 4.87. The molecule has 1 aromatic rings. The van der Waals surface area contributed by atoms with Gasteiger partial charge in [-0.3, -0.25) is 19.3 Å². The van der Waals surface area contributed by atoms with Crippen molar-refractivity contribution in [2.24, 2.45) is 0 Å². The maximum atomic E-state index is 13.1. The minimum atomic E-state index is -0.294. The highest BCUT2D eigenvalue weighted by Gasteiger charge is 2.38. The lowest BCUT2D eigenvalue weighted by Crippen LogP contribution is -2.46. The molecule has 4 rings (SSSR count). The molecule has 0 radical (unpaired) electrons. The molecular weight excluding hydrogens is 408 g/mol. The number of fused-ring (bicyclic) bond motifs is 1. The van der Waals surface area contributed by atoms with Crippen LogP contribution in [0.1, 0.15) is 78.5 Å². The minimum Gasteiger partial charge on any atom is -0.337 e. The quantitative estimate of drug-likeness (QED) is 0.656. The van der Waals surface area contributed by atoms with Crippen molar-refractivity contribution < 1.29 is 14.4 Å². The third-order valence-corrected chi connectivity index (χ3v) is 6.70. The van der Waals surface area contributed by atoms with Crippen LogP contribution in [0.15, 0.2) is 22.7 Å². The Labute approximate surface area is 168 Å². The molecule has 0 unspecified atom stereocenters. The molecule has 6 heteroatoms. The van der Waals surface area contributed by atoms with Gasteiger partial charge in [0.2, 0.25) is 5.91 Å². The Bertz CT molecular complexity index is 751. The van der Waals surface area contributed by atoms with E-state index in [4.69, 9.17) is 0 Å². The zero-order valence-electron chi connectivity index (χ0n) is 15.5. The highest BCUT2D eigenvalue weighted by Crippen LogP contribution is 2.32. The lowest BCUT2D eigenvalue weighted by atomic mass is 10.1. The Morgan fingerprint density at radius 2 is 1.52 bits per heavy atom. The van der Waals surface area contributed by atoms with E-state index in [1.54, 1.807) is 18.2 Å². The normalized spacial score (nSPS) is 20.6. The molecule has 27 heavy (non-hydrogen) atoms. The van der Waals surface area contributed by atoms with Crippen molar-refractivity contribution in [3.05, 3.63) is 33.8 Å². The molecule has 5 nitrogen and oxygen atoms in total. The maximum Gasteiger partial charge on any atom is 0.261 e. The molecule has 0 aromatic heterocycles. The van der Waals surface area contributed by atoms with Crippen molar-refractivity contribution in [1.29, 1.82) is 0 Å². The van der Waals surface area contributed by atoms with Crippen LogP contribution >= 0.6 is 15.9 Å². The fourth-order valence-corrected chi connectivity index (χ4v) is 5.23. The predicted molar refractivity (Wildman–Crippen MR) is 105 cm³/mol. The molecule has 1 heterocycles. The van der Waals surface area contributed by atoms with Gasteiger partial charge in [0.25, 0.3) is 11.8 Å². The summed E-state index contributed by atoms with van der Waals surface area (Å²) < 4.78 is 0.772. The molecule has 0 spiro atoms. The Kier molecular flexibility index (Phi) is 5.35. The number of carbonyl (C=O) groups excluding carboxylic acids is 3. The summed E-state index contributed by atoms with van der Waals surface area (Å²) in [5, 5.41) is 0. The second kappa shape index (κ2) is 7.74. The van der Waals surface area contributed by atoms with E-state index in [9.17, 15) is 14.4 Å². The van der Waals surface area contributed by atoms with Crippen LogP contribution in [0.25, 0.3) is 0 Å². The molecule has 1 aliphatic heterocycles. The van der Waals surface area contributed by atoms with Gasteiger partial charge in [0.05, 0.1) is 11.1 Å². The molecule has 144 valence electrons. The van der Waals surface area contributed by atoms with E-state index in [0.29, 0.717) is 23.2 Å². The Morgan fingerprint density at radius 3 is 2.11 bits per heavy atom. The van der Waals surface area contributed by atoms with Gasteiger partial charge >= 0.3 is 0 Å². The first kappa shape index (κ1) is 18.7. The van der Waals surface area contributed by atoms with Gasteiger partial charge in [-0.25, -0.2) is 0 Å². The number of halogens is 1. The third-order valence-electron chi connectivity index (χ3n) is 6.21. The van der Waals surface area contributed by atoms with Crippen molar-refractivity contribution in [3.8, 4) is 0 Å². The van der Waals surface area contributed by atoms with Gasteiger partial charge in [0.1, 0.15) is 0 Å². The van der Waals surface area contributed by atoms with E-state index < -0.39 is 0 Å². The van der Waals surface area contributed by atoms with E-state index in [2.05, 4.69) is 20.8 Å². The van der Waals surface area contributed by atoms with Crippen LogP contribution in [-0.2, 0) is 4.79 Å². The summed E-state index contributed by atoms with van der Waals surface area (Å²) in [7, 11) is 0. The highest BCUT2D eigenvalue weighted by atomic mass is 79.9. The van der Waals surface area contributed by atoms with E-state index in [1.807, 2.05) is 0 Å². The second-order valence-electron chi connectivity index (χ2n) is 7.88. The summed E-state index contributed by atoms with van der Waals surface area (Å²) in [6.45, 7) is 0.165. The summed E-state index contributed by atoms with van der Waals surface area (Å²) >= 11 is 3.35. The van der Waals surface area contributed by atoms with Gasteiger partial charge in [-0.05, 0) is 43.9 Å². The van der Waals surface area contributed by atoms with Crippen LogP contribution in [0.3, 0.4) is 0 Å². The zero-order chi connectivity index (χ0) is 19.0. The summed E-state index contributed by atoms with van der Waals surface area (Å²) in [5.41, 5.74) is 0.851. The average molecular weight is 433 g/mol. The standard InChI is InChI=1S/C21H25BrN2O3/c22-14-9-10-17-18(13-14)21(27)23(20(17)26)12-11-19(25)24(15-5-1-2-6-15)16-7-3-4-8-16/h9-10,13,15-16H,1-8,11-12H2. The molecule has 2 saturated carbocycles. The predicted octanol–water partition coefficient (Wildman–Crippen LogP) is 4.15. The largest absolute Gasteiger partial charge is 0.337 e. The van der Waals surface area contributed by atoms with Crippen LogP contribution in [0.4, 0.5) is 0 Å². The molecule has 0 bridgehead atoms. The Morgan fingerprint density at radius 1 is 0.963 bits per heavy atom. The first-order valence-electron chi connectivity index (χ1n) is 10.0. The van der Waals surface area contributed by atoms with Crippen molar-refractivity contribution in [3.63, 3.8) is 0 Å². The summed E-state index contributed by atoms with van der Waals surface area (Å²) in [6, 6.07) is 5.81. The van der Waals surface area contributed by atoms with E-state index >= 15 is 0 Å². The fraction of sp³-hybridized carbons (Fsp3) is 0.571. The molecule has 0 N–H and O–H groups in total. The van der Waals surface area contributed by atoms with Crippen molar-refractivity contribution >= 4 is 33.7 Å². The van der Waals surface area contributed by atoms with Crippen LogP contribution < -0.4 is 0 Å². The number of hydrogen-bond donors (Lipinski definition) is 0. The number of hydrogen-bond acceptors (Lipinski definition) is 3. The third kappa shape index (κ3) is 3.56. The average Bonchev–Trinajstić information content (AvgIpc) is 3.39. The first-order chi connectivity index (χ1) is 13.1. The second-order valence-corrected chi connectivity index (χ2v) is 8.80. The van der Waals surface area contributed by atoms with Crippen LogP contribution in [0, 0.1) is 0 Å². The zero-order valence-corrected chi connectivity index (χ0v) is 17.0. The lowest BCUT2D eigenvalue weighted by Gasteiger charge is -2.35. The van der Waals surface area contributed by atoms with Gasteiger partial charge in [0.15, 0.2) is 0 Å². The SMILES string of the molecule is O=C1c2ccc(Br)cc2C(=O)N1CCC(=O)N(C1CCCC1)C1CCCC1. The monoisotopic (exact) mass is 432 g/mol. The summed E-state index contributed by atoms with van der Waals surface area (Å²) in [5.74, 6) is -0.479. The molecule has 2 aliphatic carbocycles. The first-order valence-corrected chi connectivity index (χ1v) is 10.8. The van der Waals surface area contributed by atoms with E-state index in [-0.39, 0.29) is 30.7 Å². The molecular formula is C21H25BrN2O3. The number of nitrogens with zero attached hydrogens (tertiary/aromatic N) is 2. The highest BCUT2D eigenvalue weighted by molar-refractivity contribution is 9.10. The minimum absolute atomic E-state index is 0.103. The Balaban J connectivity index is 1.45. The summed E-state index contributed by atoms with van der Waals surface area (Å²) in [6.07, 6.45) is 9.32. The number of amides is 3. The van der Waals surface area contributed by atoms with Gasteiger partial charge in [0, 0.05) is 29.5 Å². The topological polar surface area (TPSA) is 57.7 Å². The molecule has 1 aromatic carbocycles. The van der Waals surface area contributed by atoms with Crippen molar-refractivity contribution in [2.45, 2.75) is 69.9 Å². The van der Waals surface area contributed by atoms with Gasteiger partial charge in [-0.1, -0.05) is 41.6 Å². The lowest BCUT2D eigenvalue weighted by molar-refractivity contribution is -0.136. The van der Waals surface area contributed by atoms with E-state index in [1.165, 1.54) is 30.6 Å². The molecule has 3 amide bonds. The van der Waals surface area contributed by atoms with Crippen LogP contribution in [0.5, 0.6) is 0 Å². The maximum absolute atomic E-state index is 13.1. The van der Waals surface area contributed by atoms with Gasteiger partial charge in [-0.15, -0.1) is 0 Å². The van der Waals surface area contributed by atoms with Crippen molar-refractivity contribution in [2.75, 3.05) is 6.54 Å². The van der Waals surface area contributed by atoms with E-state index in [0.717, 1.165) is 30.2 Å². The summed E-state index contributed by atoms with van der Waals surface area (Å²) in [4.78, 5) is 41.6. The number of rotatable bonds is 5. The van der Waals surface area contributed by atoms with Gasteiger partial charge in [-0.2, -0.15) is 0 Å². The number of imide groups is 1. The number of carbonyl (C=O) groups is 3. The molecule has 3 aliphatic rings. The Hall–Kier alpha value is -1.69. The van der Waals surface area contributed by atoms with Crippen molar-refractivity contribution in [1.82, 2.24) is 9.80 Å². The molecule has 2 fully saturated rings. The smallest absolute Gasteiger partial charge is 0.261 e. The van der Waals surface area contributed by atoms with Gasteiger partial charge < -0.3 is 4.90 Å². The molecule has 0 atom stereocenters. The molecule has 0 saturated heterocycles.